The van der Waals surface area contributed by atoms with Crippen LogP contribution in [0.4, 0.5) is 5.82 Å². The zero-order valence-electron chi connectivity index (χ0n) is 9.78. The molecule has 4 heteroatoms. The molecule has 0 bridgehead atoms. The summed E-state index contributed by atoms with van der Waals surface area (Å²) in [5.74, 6) is 3.51. The summed E-state index contributed by atoms with van der Waals surface area (Å²) in [6, 6.07) is 6.22. The van der Waals surface area contributed by atoms with Crippen molar-refractivity contribution in [2.24, 2.45) is 0 Å². The third-order valence-electron chi connectivity index (χ3n) is 2.65. The van der Waals surface area contributed by atoms with Crippen LogP contribution in [0.1, 0.15) is 12.6 Å². The lowest BCUT2D eigenvalue weighted by Gasteiger charge is -2.25. The molecule has 0 aliphatic carbocycles. The number of rotatable bonds is 4. The van der Waals surface area contributed by atoms with Gasteiger partial charge in [0.1, 0.15) is 5.82 Å². The van der Waals surface area contributed by atoms with Crippen LogP contribution >= 0.6 is 11.8 Å². The number of anilines is 1. The van der Waals surface area contributed by atoms with Crippen LogP contribution in [0, 0.1) is 0 Å². The number of thioether (sulfide) groups is 1. The molecule has 1 aromatic rings. The van der Waals surface area contributed by atoms with Crippen LogP contribution < -0.4 is 5.32 Å². The van der Waals surface area contributed by atoms with Crippen molar-refractivity contribution in [3.8, 4) is 0 Å². The van der Waals surface area contributed by atoms with Gasteiger partial charge in [-0.25, -0.2) is 4.98 Å². The lowest BCUT2D eigenvalue weighted by atomic mass is 10.3. The maximum absolute atomic E-state index is 4.60. The van der Waals surface area contributed by atoms with E-state index in [1.165, 1.54) is 30.3 Å². The topological polar surface area (TPSA) is 28.2 Å². The Hall–Kier alpha value is -0.740. The van der Waals surface area contributed by atoms with Crippen LogP contribution in [0.2, 0.25) is 0 Å². The Bertz CT molecular complexity index is 324. The van der Waals surface area contributed by atoms with Gasteiger partial charge in [-0.15, -0.1) is 0 Å². The zero-order valence-corrected chi connectivity index (χ0v) is 10.6. The van der Waals surface area contributed by atoms with Gasteiger partial charge in [-0.1, -0.05) is 6.07 Å². The van der Waals surface area contributed by atoms with Crippen molar-refractivity contribution in [3.05, 3.63) is 23.9 Å². The molecule has 1 aliphatic rings. The number of nitrogens with zero attached hydrogens (tertiary/aromatic N) is 2. The molecule has 0 radical (unpaired) electrons. The molecular weight excluding hydrogens is 218 g/mol. The molecule has 0 saturated carbocycles. The van der Waals surface area contributed by atoms with E-state index in [1.54, 1.807) is 0 Å². The summed E-state index contributed by atoms with van der Waals surface area (Å²) in [5, 5.41) is 3.25. The van der Waals surface area contributed by atoms with Crippen molar-refractivity contribution in [1.29, 1.82) is 0 Å². The first-order valence-electron chi connectivity index (χ1n) is 5.88. The molecule has 1 aliphatic heterocycles. The Morgan fingerprint density at radius 2 is 2.19 bits per heavy atom. The second-order valence-corrected chi connectivity index (χ2v) is 5.16. The molecule has 0 aromatic carbocycles. The Kier molecular flexibility index (Phi) is 4.48. The van der Waals surface area contributed by atoms with E-state index in [4.69, 9.17) is 0 Å². The maximum atomic E-state index is 4.60. The Balaban J connectivity index is 1.94. The first-order chi connectivity index (χ1) is 7.88. The number of hydrogen-bond donors (Lipinski definition) is 1. The molecule has 88 valence electrons. The van der Waals surface area contributed by atoms with Crippen molar-refractivity contribution in [3.63, 3.8) is 0 Å². The van der Waals surface area contributed by atoms with Crippen molar-refractivity contribution in [1.82, 2.24) is 9.88 Å². The van der Waals surface area contributed by atoms with Crippen LogP contribution in [0.5, 0.6) is 0 Å². The monoisotopic (exact) mass is 237 g/mol. The summed E-state index contributed by atoms with van der Waals surface area (Å²) in [4.78, 5) is 7.08. The van der Waals surface area contributed by atoms with E-state index in [9.17, 15) is 0 Å². The Morgan fingerprint density at radius 1 is 1.38 bits per heavy atom. The van der Waals surface area contributed by atoms with Gasteiger partial charge in [-0.05, 0) is 19.1 Å². The van der Waals surface area contributed by atoms with E-state index in [1.807, 2.05) is 17.8 Å². The van der Waals surface area contributed by atoms with Gasteiger partial charge in [0, 0.05) is 37.7 Å². The summed E-state index contributed by atoms with van der Waals surface area (Å²) in [7, 11) is 0. The van der Waals surface area contributed by atoms with Crippen molar-refractivity contribution < 1.29 is 0 Å². The fourth-order valence-corrected chi connectivity index (χ4v) is 2.81. The highest BCUT2D eigenvalue weighted by Crippen LogP contribution is 2.13. The number of pyridine rings is 1. The van der Waals surface area contributed by atoms with Crippen molar-refractivity contribution in [2.75, 3.05) is 36.5 Å². The third-order valence-corrected chi connectivity index (χ3v) is 3.60. The highest BCUT2D eigenvalue weighted by atomic mass is 32.2. The predicted octanol–water partition coefficient (Wildman–Crippen LogP) is 2.06. The zero-order chi connectivity index (χ0) is 11.2. The van der Waals surface area contributed by atoms with Crippen LogP contribution in [-0.2, 0) is 6.54 Å². The molecule has 2 rings (SSSR count). The molecule has 16 heavy (non-hydrogen) atoms. The summed E-state index contributed by atoms with van der Waals surface area (Å²) in [6.45, 7) is 6.39. The van der Waals surface area contributed by atoms with Crippen LogP contribution in [-0.4, -0.2) is 41.0 Å². The molecule has 1 saturated heterocycles. The van der Waals surface area contributed by atoms with E-state index in [0.717, 1.165) is 18.9 Å². The molecule has 1 N–H and O–H groups in total. The third kappa shape index (κ3) is 3.39. The van der Waals surface area contributed by atoms with Gasteiger partial charge < -0.3 is 5.32 Å². The quantitative estimate of drug-likeness (QED) is 0.867. The lowest BCUT2D eigenvalue weighted by Crippen LogP contribution is -2.32. The van der Waals surface area contributed by atoms with Crippen molar-refractivity contribution >= 4 is 17.6 Å². The van der Waals surface area contributed by atoms with E-state index >= 15 is 0 Å². The van der Waals surface area contributed by atoms with Crippen LogP contribution in [0.15, 0.2) is 18.2 Å². The average molecular weight is 237 g/mol. The highest BCUT2D eigenvalue weighted by Gasteiger charge is 2.11. The first-order valence-corrected chi connectivity index (χ1v) is 7.04. The van der Waals surface area contributed by atoms with Gasteiger partial charge in [0.15, 0.2) is 0 Å². The second-order valence-electron chi connectivity index (χ2n) is 3.93. The molecule has 0 unspecified atom stereocenters. The summed E-state index contributed by atoms with van der Waals surface area (Å²) < 4.78 is 0. The largest absolute Gasteiger partial charge is 0.370 e. The van der Waals surface area contributed by atoms with E-state index in [2.05, 4.69) is 34.3 Å². The van der Waals surface area contributed by atoms with Crippen LogP contribution in [0.3, 0.4) is 0 Å². The predicted molar refractivity (Wildman–Crippen MR) is 71.0 cm³/mol. The number of aromatic nitrogens is 1. The van der Waals surface area contributed by atoms with Gasteiger partial charge in [0.2, 0.25) is 0 Å². The molecule has 1 aromatic heterocycles. The minimum atomic E-state index is 0.927. The van der Waals surface area contributed by atoms with Gasteiger partial charge in [-0.2, -0.15) is 11.8 Å². The van der Waals surface area contributed by atoms with Gasteiger partial charge >= 0.3 is 0 Å². The molecule has 0 amide bonds. The fourth-order valence-electron chi connectivity index (χ4n) is 1.84. The second kappa shape index (κ2) is 6.11. The van der Waals surface area contributed by atoms with Crippen LogP contribution in [0.25, 0.3) is 0 Å². The minimum Gasteiger partial charge on any atom is -0.370 e. The smallest absolute Gasteiger partial charge is 0.126 e. The fraction of sp³-hybridized carbons (Fsp3) is 0.583. The van der Waals surface area contributed by atoms with Gasteiger partial charge in [-0.3, -0.25) is 4.90 Å². The summed E-state index contributed by atoms with van der Waals surface area (Å²) >= 11 is 2.05. The summed E-state index contributed by atoms with van der Waals surface area (Å²) in [6.07, 6.45) is 0. The van der Waals surface area contributed by atoms with Crippen molar-refractivity contribution in [2.45, 2.75) is 13.5 Å². The van der Waals surface area contributed by atoms with E-state index < -0.39 is 0 Å². The first kappa shape index (κ1) is 11.7. The van der Waals surface area contributed by atoms with Gasteiger partial charge in [0.05, 0.1) is 5.69 Å². The number of hydrogen-bond acceptors (Lipinski definition) is 4. The maximum Gasteiger partial charge on any atom is 0.126 e. The molecule has 0 spiro atoms. The molecular formula is C12H19N3S. The van der Waals surface area contributed by atoms with E-state index in [-0.39, 0.29) is 0 Å². The van der Waals surface area contributed by atoms with E-state index in [0.29, 0.717) is 0 Å². The number of nitrogens with one attached hydrogen (secondary N) is 1. The SMILES string of the molecule is CCNc1cccc(CN2CCSCC2)n1. The highest BCUT2D eigenvalue weighted by molar-refractivity contribution is 7.99. The molecule has 1 fully saturated rings. The Labute approximate surface area is 102 Å². The molecule has 0 atom stereocenters. The van der Waals surface area contributed by atoms with Gasteiger partial charge in [0.25, 0.3) is 0 Å². The average Bonchev–Trinajstić information content (AvgIpc) is 2.31. The standard InChI is InChI=1S/C12H19N3S/c1-2-13-12-5-3-4-11(14-12)10-15-6-8-16-9-7-15/h3-5H,2,6-10H2,1H3,(H,13,14). The summed E-state index contributed by atoms with van der Waals surface area (Å²) in [5.41, 5.74) is 1.17. The lowest BCUT2D eigenvalue weighted by molar-refractivity contribution is 0.291. The minimum absolute atomic E-state index is 0.927. The molecule has 3 nitrogen and oxygen atoms in total. The molecule has 2 heterocycles. The Morgan fingerprint density at radius 3 is 2.94 bits per heavy atom. The normalized spacial score (nSPS) is 17.3.